The summed E-state index contributed by atoms with van der Waals surface area (Å²) in [6.07, 6.45) is 1.79. The number of hydrogen-bond acceptors (Lipinski definition) is 4. The third-order valence-electron chi connectivity index (χ3n) is 3.58. The molecule has 0 unspecified atom stereocenters. The Hall–Kier alpha value is -2.08. The minimum absolute atomic E-state index is 0.0608. The lowest BCUT2D eigenvalue weighted by molar-refractivity contribution is -0.113. The van der Waals surface area contributed by atoms with Gasteiger partial charge in [-0.3, -0.25) is 4.79 Å². The maximum absolute atomic E-state index is 12.1. The number of amides is 1. The second kappa shape index (κ2) is 7.66. The van der Waals surface area contributed by atoms with Crippen LogP contribution in [0.25, 0.3) is 0 Å². The summed E-state index contributed by atoms with van der Waals surface area (Å²) in [5.41, 5.74) is 2.14. The number of aromatic nitrogens is 3. The van der Waals surface area contributed by atoms with Gasteiger partial charge in [0.1, 0.15) is 5.82 Å². The monoisotopic (exact) mass is 344 g/mol. The van der Waals surface area contributed by atoms with Gasteiger partial charge in [-0.05, 0) is 30.0 Å². The number of nitrogens with one attached hydrogen (secondary N) is 1. The number of thioether (sulfide) groups is 1. The van der Waals surface area contributed by atoms with Crippen LogP contribution in [-0.2, 0) is 16.8 Å². The summed E-state index contributed by atoms with van der Waals surface area (Å²) in [5, 5.41) is 11.8. The molecule has 0 aliphatic heterocycles. The molecule has 0 atom stereocenters. The van der Waals surface area contributed by atoms with Crippen molar-refractivity contribution in [1.29, 1.82) is 0 Å². The highest BCUT2D eigenvalue weighted by atomic mass is 32.2. The topological polar surface area (TPSA) is 59.8 Å². The molecule has 1 N–H and O–H groups in total. The number of aryl methyl sites for hydroxylation is 1. The van der Waals surface area contributed by atoms with Crippen LogP contribution in [0.4, 0.5) is 5.69 Å². The Morgan fingerprint density at radius 1 is 1.29 bits per heavy atom. The number of anilines is 1. The molecular weight excluding hydrogens is 320 g/mol. The highest BCUT2D eigenvalue weighted by Crippen LogP contribution is 2.23. The van der Waals surface area contributed by atoms with Crippen LogP contribution in [0.15, 0.2) is 42.1 Å². The number of rotatable bonds is 6. The molecule has 1 aromatic carbocycles. The predicted molar refractivity (Wildman–Crippen MR) is 99.5 cm³/mol. The summed E-state index contributed by atoms with van der Waals surface area (Å²) in [6, 6.07) is 7.97. The smallest absolute Gasteiger partial charge is 0.234 e. The largest absolute Gasteiger partial charge is 0.325 e. The van der Waals surface area contributed by atoms with Crippen molar-refractivity contribution < 1.29 is 4.79 Å². The molecule has 0 fully saturated rings. The molecule has 6 heteroatoms. The van der Waals surface area contributed by atoms with Crippen molar-refractivity contribution in [2.24, 2.45) is 0 Å². The minimum Gasteiger partial charge on any atom is -0.325 e. The fourth-order valence-corrected chi connectivity index (χ4v) is 2.98. The fraction of sp³-hybridized carbons (Fsp3) is 0.389. The molecule has 0 aliphatic rings. The molecule has 1 heterocycles. The quantitative estimate of drug-likeness (QED) is 0.639. The fourth-order valence-electron chi connectivity index (χ4n) is 2.19. The Bertz CT molecular complexity index is 714. The van der Waals surface area contributed by atoms with Gasteiger partial charge in [-0.15, -0.1) is 16.8 Å². The van der Waals surface area contributed by atoms with Gasteiger partial charge in [-0.25, -0.2) is 0 Å². The Morgan fingerprint density at radius 3 is 2.54 bits per heavy atom. The van der Waals surface area contributed by atoms with Gasteiger partial charge in [-0.1, -0.05) is 50.7 Å². The number of hydrogen-bond donors (Lipinski definition) is 1. The number of nitrogens with zero attached hydrogens (tertiary/aromatic N) is 3. The lowest BCUT2D eigenvalue weighted by atomic mass is 9.87. The molecule has 2 aromatic rings. The van der Waals surface area contributed by atoms with Crippen molar-refractivity contribution in [3.63, 3.8) is 0 Å². The van der Waals surface area contributed by atoms with Gasteiger partial charge in [0.25, 0.3) is 0 Å². The zero-order chi connectivity index (χ0) is 17.7. The Kier molecular flexibility index (Phi) is 5.83. The maximum atomic E-state index is 12.1. The van der Waals surface area contributed by atoms with Crippen LogP contribution >= 0.6 is 11.8 Å². The van der Waals surface area contributed by atoms with E-state index in [0.717, 1.165) is 16.7 Å². The van der Waals surface area contributed by atoms with E-state index in [1.807, 2.05) is 35.8 Å². The van der Waals surface area contributed by atoms with Gasteiger partial charge in [0.15, 0.2) is 5.16 Å². The Morgan fingerprint density at radius 2 is 1.96 bits per heavy atom. The van der Waals surface area contributed by atoms with E-state index in [-0.39, 0.29) is 17.1 Å². The number of carbonyl (C=O) groups is 1. The van der Waals surface area contributed by atoms with Gasteiger partial charge < -0.3 is 9.88 Å². The van der Waals surface area contributed by atoms with E-state index < -0.39 is 0 Å². The van der Waals surface area contributed by atoms with Gasteiger partial charge >= 0.3 is 0 Å². The van der Waals surface area contributed by atoms with Crippen LogP contribution in [0.1, 0.15) is 32.2 Å². The molecule has 0 bridgehead atoms. The first-order valence-corrected chi connectivity index (χ1v) is 8.83. The second-order valence-corrected chi connectivity index (χ2v) is 7.54. The van der Waals surface area contributed by atoms with Gasteiger partial charge in [0.05, 0.1) is 5.75 Å². The van der Waals surface area contributed by atoms with Crippen LogP contribution in [0, 0.1) is 6.92 Å². The molecule has 24 heavy (non-hydrogen) atoms. The summed E-state index contributed by atoms with van der Waals surface area (Å²) >= 11 is 1.37. The average molecular weight is 344 g/mol. The third-order valence-corrected chi connectivity index (χ3v) is 4.55. The van der Waals surface area contributed by atoms with E-state index in [2.05, 4.69) is 42.9 Å². The molecule has 0 aliphatic carbocycles. The zero-order valence-corrected chi connectivity index (χ0v) is 15.5. The summed E-state index contributed by atoms with van der Waals surface area (Å²) in [5.74, 6) is 1.04. The maximum Gasteiger partial charge on any atom is 0.234 e. The predicted octanol–water partition coefficient (Wildman–Crippen LogP) is 3.80. The molecule has 0 saturated heterocycles. The van der Waals surface area contributed by atoms with E-state index in [4.69, 9.17) is 0 Å². The molecule has 1 aromatic heterocycles. The summed E-state index contributed by atoms with van der Waals surface area (Å²) in [7, 11) is 0. The Balaban J connectivity index is 1.93. The van der Waals surface area contributed by atoms with Gasteiger partial charge in [0.2, 0.25) is 5.91 Å². The van der Waals surface area contributed by atoms with Crippen molar-refractivity contribution in [3.8, 4) is 0 Å². The average Bonchev–Trinajstić information content (AvgIpc) is 2.86. The molecular formula is C18H24N4OS. The SMILES string of the molecule is C=CCn1c(C)nnc1SCC(=O)Nc1ccc(C(C)(C)C)cc1. The number of allylic oxidation sites excluding steroid dienone is 1. The summed E-state index contributed by atoms with van der Waals surface area (Å²) in [4.78, 5) is 12.1. The first-order chi connectivity index (χ1) is 11.3. The van der Waals surface area contributed by atoms with Crippen molar-refractivity contribution in [2.75, 3.05) is 11.1 Å². The third kappa shape index (κ3) is 4.71. The van der Waals surface area contributed by atoms with Crippen LogP contribution in [-0.4, -0.2) is 26.4 Å². The van der Waals surface area contributed by atoms with Crippen LogP contribution < -0.4 is 5.32 Å². The minimum atomic E-state index is -0.0608. The normalized spacial score (nSPS) is 11.3. The van der Waals surface area contributed by atoms with Gasteiger partial charge in [0, 0.05) is 12.2 Å². The summed E-state index contributed by atoms with van der Waals surface area (Å²) < 4.78 is 1.93. The van der Waals surface area contributed by atoms with Crippen LogP contribution in [0.3, 0.4) is 0 Å². The van der Waals surface area contributed by atoms with Crippen molar-refractivity contribution in [2.45, 2.75) is 44.8 Å². The van der Waals surface area contributed by atoms with Crippen LogP contribution in [0.5, 0.6) is 0 Å². The second-order valence-electron chi connectivity index (χ2n) is 6.59. The van der Waals surface area contributed by atoms with Crippen molar-refractivity contribution in [1.82, 2.24) is 14.8 Å². The lowest BCUT2D eigenvalue weighted by Crippen LogP contribution is -2.15. The first kappa shape index (κ1) is 18.3. The number of carbonyl (C=O) groups excluding carboxylic acids is 1. The molecule has 2 rings (SSSR count). The molecule has 1 amide bonds. The van der Waals surface area contributed by atoms with E-state index in [1.54, 1.807) is 6.08 Å². The van der Waals surface area contributed by atoms with Crippen molar-refractivity contribution in [3.05, 3.63) is 48.3 Å². The molecule has 5 nitrogen and oxygen atoms in total. The summed E-state index contributed by atoms with van der Waals surface area (Å²) in [6.45, 7) is 12.7. The standard InChI is InChI=1S/C18H24N4OS/c1-6-11-22-13(2)20-21-17(22)24-12-16(23)19-15-9-7-14(8-10-15)18(3,4)5/h6-10H,1,11-12H2,2-5H3,(H,19,23). The molecule has 0 radical (unpaired) electrons. The van der Waals surface area contributed by atoms with E-state index in [0.29, 0.717) is 6.54 Å². The molecule has 128 valence electrons. The molecule has 0 saturated carbocycles. The highest BCUT2D eigenvalue weighted by Gasteiger charge is 2.14. The number of benzene rings is 1. The van der Waals surface area contributed by atoms with E-state index in [9.17, 15) is 4.79 Å². The van der Waals surface area contributed by atoms with E-state index in [1.165, 1.54) is 17.3 Å². The highest BCUT2D eigenvalue weighted by molar-refractivity contribution is 7.99. The lowest BCUT2D eigenvalue weighted by Gasteiger charge is -2.19. The molecule has 0 spiro atoms. The zero-order valence-electron chi connectivity index (χ0n) is 14.7. The van der Waals surface area contributed by atoms with Crippen LogP contribution in [0.2, 0.25) is 0 Å². The van der Waals surface area contributed by atoms with Crippen molar-refractivity contribution >= 4 is 23.4 Å². The first-order valence-electron chi connectivity index (χ1n) is 7.85. The Labute approximate surface area is 147 Å². The van der Waals surface area contributed by atoms with Gasteiger partial charge in [-0.2, -0.15) is 0 Å². The van der Waals surface area contributed by atoms with E-state index >= 15 is 0 Å².